The Morgan fingerprint density at radius 2 is 2.07 bits per heavy atom. The van der Waals surface area contributed by atoms with Gasteiger partial charge in [-0.1, -0.05) is 0 Å². The lowest BCUT2D eigenvalue weighted by Gasteiger charge is -2.30. The number of aliphatic hydroxyl groups excluding tert-OH is 1. The van der Waals surface area contributed by atoms with Gasteiger partial charge in [0.25, 0.3) is 0 Å². The standard InChI is InChI=1S/C16H19F3N2O6/c1-15(2,16(17,18)19)27-14(25)21-8-3-4-11-9(5-8)20-7-12(26-11)10(22)6-13(23)24/h3-5,10,12,20,22H,6-7H2,1-2H3,(H,21,25)(H,23,24)/t10-,12+/m0/s1. The van der Waals surface area contributed by atoms with Crippen LogP contribution < -0.4 is 15.4 Å². The van der Waals surface area contributed by atoms with E-state index in [1.807, 2.05) is 0 Å². The van der Waals surface area contributed by atoms with Crippen LogP contribution in [0.25, 0.3) is 0 Å². The molecule has 0 saturated heterocycles. The van der Waals surface area contributed by atoms with E-state index in [0.717, 1.165) is 13.8 Å². The molecule has 1 aliphatic heterocycles. The lowest BCUT2D eigenvalue weighted by Crippen LogP contribution is -2.44. The number of carbonyl (C=O) groups is 2. The number of nitrogens with one attached hydrogen (secondary N) is 2. The molecule has 1 aromatic carbocycles. The van der Waals surface area contributed by atoms with Gasteiger partial charge in [0.1, 0.15) is 18.0 Å². The van der Waals surface area contributed by atoms with E-state index in [9.17, 15) is 27.9 Å². The van der Waals surface area contributed by atoms with Gasteiger partial charge in [0, 0.05) is 5.69 Å². The highest BCUT2D eigenvalue weighted by Gasteiger charge is 2.51. The first-order chi connectivity index (χ1) is 12.4. The zero-order valence-corrected chi connectivity index (χ0v) is 14.5. The number of aliphatic carboxylic acids is 1. The Kier molecular flexibility index (Phi) is 5.73. The zero-order chi connectivity index (χ0) is 20.4. The van der Waals surface area contributed by atoms with Crippen molar-refractivity contribution in [2.24, 2.45) is 0 Å². The first kappa shape index (κ1) is 20.6. The first-order valence-corrected chi connectivity index (χ1v) is 7.90. The summed E-state index contributed by atoms with van der Waals surface area (Å²) in [6.45, 7) is 1.57. The molecule has 0 unspecified atom stereocenters. The van der Waals surface area contributed by atoms with Crippen molar-refractivity contribution in [3.05, 3.63) is 18.2 Å². The number of benzene rings is 1. The molecule has 2 atom stereocenters. The van der Waals surface area contributed by atoms with E-state index in [2.05, 4.69) is 15.4 Å². The van der Waals surface area contributed by atoms with Gasteiger partial charge in [-0.25, -0.2) is 4.79 Å². The largest absolute Gasteiger partial charge is 0.484 e. The van der Waals surface area contributed by atoms with Crippen LogP contribution >= 0.6 is 0 Å². The van der Waals surface area contributed by atoms with E-state index in [1.165, 1.54) is 18.2 Å². The molecule has 8 nitrogen and oxygen atoms in total. The van der Waals surface area contributed by atoms with Crippen LogP contribution in [0.3, 0.4) is 0 Å². The number of carboxylic acid groups (broad SMARTS) is 1. The van der Waals surface area contributed by atoms with Crippen molar-refractivity contribution in [2.45, 2.75) is 44.3 Å². The summed E-state index contributed by atoms with van der Waals surface area (Å²) in [4.78, 5) is 22.4. The van der Waals surface area contributed by atoms with E-state index in [1.54, 1.807) is 0 Å². The molecule has 0 aromatic heterocycles. The Morgan fingerprint density at radius 3 is 2.67 bits per heavy atom. The molecule has 150 valence electrons. The molecule has 0 spiro atoms. The summed E-state index contributed by atoms with van der Waals surface area (Å²) >= 11 is 0. The smallest absolute Gasteiger partial charge is 0.427 e. The summed E-state index contributed by atoms with van der Waals surface area (Å²) in [5.41, 5.74) is -2.07. The summed E-state index contributed by atoms with van der Waals surface area (Å²) in [5.74, 6) is -0.873. The highest BCUT2D eigenvalue weighted by Crippen LogP contribution is 2.35. The maximum absolute atomic E-state index is 12.7. The zero-order valence-electron chi connectivity index (χ0n) is 14.5. The predicted molar refractivity (Wildman–Crippen MR) is 87.8 cm³/mol. The molecular weight excluding hydrogens is 373 g/mol. The number of rotatable bonds is 5. The monoisotopic (exact) mass is 392 g/mol. The van der Waals surface area contributed by atoms with E-state index < -0.39 is 42.5 Å². The number of halogens is 3. The van der Waals surface area contributed by atoms with Crippen LogP contribution in [0, 0.1) is 0 Å². The number of anilines is 2. The fourth-order valence-corrected chi connectivity index (χ4v) is 2.22. The van der Waals surface area contributed by atoms with Crippen molar-refractivity contribution in [3.63, 3.8) is 0 Å². The number of alkyl halides is 3. The molecule has 0 fully saturated rings. The summed E-state index contributed by atoms with van der Waals surface area (Å²) < 4.78 is 48.2. The van der Waals surface area contributed by atoms with Crippen molar-refractivity contribution < 1.29 is 42.4 Å². The van der Waals surface area contributed by atoms with Gasteiger partial charge in [-0.3, -0.25) is 10.1 Å². The molecule has 4 N–H and O–H groups in total. The molecule has 2 rings (SSSR count). The van der Waals surface area contributed by atoms with Crippen LogP contribution in [0.1, 0.15) is 20.3 Å². The molecule has 1 aliphatic rings. The Bertz CT molecular complexity index is 723. The Hall–Kier alpha value is -2.69. The third-order valence-electron chi connectivity index (χ3n) is 3.84. The highest BCUT2D eigenvalue weighted by molar-refractivity contribution is 5.86. The lowest BCUT2D eigenvalue weighted by atomic mass is 10.1. The summed E-state index contributed by atoms with van der Waals surface area (Å²) in [5, 5.41) is 23.6. The second-order valence-corrected chi connectivity index (χ2v) is 6.44. The summed E-state index contributed by atoms with van der Waals surface area (Å²) in [6.07, 6.45) is -8.49. The number of carboxylic acids is 1. The number of ether oxygens (including phenoxy) is 2. The molecule has 27 heavy (non-hydrogen) atoms. The SMILES string of the molecule is CC(C)(OC(=O)Nc1ccc2c(c1)NC[C@H]([C@@H](O)CC(=O)O)O2)C(F)(F)F. The second-order valence-electron chi connectivity index (χ2n) is 6.44. The predicted octanol–water partition coefficient (Wildman–Crippen LogP) is 2.58. The summed E-state index contributed by atoms with van der Waals surface area (Å²) in [7, 11) is 0. The van der Waals surface area contributed by atoms with Crippen LogP contribution in [0.2, 0.25) is 0 Å². The topological polar surface area (TPSA) is 117 Å². The third-order valence-corrected chi connectivity index (χ3v) is 3.84. The number of aliphatic hydroxyl groups is 1. The van der Waals surface area contributed by atoms with Crippen molar-refractivity contribution in [3.8, 4) is 5.75 Å². The van der Waals surface area contributed by atoms with Gasteiger partial charge in [-0.15, -0.1) is 0 Å². The molecule has 1 amide bonds. The van der Waals surface area contributed by atoms with Crippen molar-refractivity contribution in [2.75, 3.05) is 17.2 Å². The van der Waals surface area contributed by atoms with Gasteiger partial charge in [0.2, 0.25) is 5.60 Å². The van der Waals surface area contributed by atoms with E-state index >= 15 is 0 Å². The van der Waals surface area contributed by atoms with Crippen LogP contribution in [0.15, 0.2) is 18.2 Å². The fraction of sp³-hybridized carbons (Fsp3) is 0.500. The maximum Gasteiger partial charge on any atom is 0.427 e. The molecule has 1 aromatic rings. The van der Waals surface area contributed by atoms with Gasteiger partial charge < -0.3 is 25.0 Å². The average molecular weight is 392 g/mol. The Morgan fingerprint density at radius 1 is 1.41 bits per heavy atom. The van der Waals surface area contributed by atoms with E-state index in [-0.39, 0.29) is 12.2 Å². The Labute approximate surface area is 152 Å². The number of hydrogen-bond donors (Lipinski definition) is 4. The van der Waals surface area contributed by atoms with Crippen LogP contribution in [-0.4, -0.2) is 52.8 Å². The van der Waals surface area contributed by atoms with Gasteiger partial charge in [0.05, 0.1) is 18.7 Å². The lowest BCUT2D eigenvalue weighted by molar-refractivity contribution is -0.242. The van der Waals surface area contributed by atoms with Crippen molar-refractivity contribution >= 4 is 23.4 Å². The maximum atomic E-state index is 12.7. The van der Waals surface area contributed by atoms with Crippen molar-refractivity contribution in [1.82, 2.24) is 0 Å². The molecule has 0 radical (unpaired) electrons. The van der Waals surface area contributed by atoms with E-state index in [4.69, 9.17) is 9.84 Å². The highest BCUT2D eigenvalue weighted by atomic mass is 19.4. The van der Waals surface area contributed by atoms with Crippen LogP contribution in [0.5, 0.6) is 5.75 Å². The average Bonchev–Trinajstić information content (AvgIpc) is 2.51. The van der Waals surface area contributed by atoms with Gasteiger partial charge in [-0.05, 0) is 32.0 Å². The van der Waals surface area contributed by atoms with Gasteiger partial charge in [-0.2, -0.15) is 13.2 Å². The quantitative estimate of drug-likeness (QED) is 0.608. The van der Waals surface area contributed by atoms with Gasteiger partial charge in [0.15, 0.2) is 0 Å². The van der Waals surface area contributed by atoms with Gasteiger partial charge >= 0.3 is 18.2 Å². The number of amides is 1. The minimum atomic E-state index is -4.72. The molecule has 0 bridgehead atoms. The third kappa shape index (κ3) is 5.16. The molecule has 0 saturated carbocycles. The minimum Gasteiger partial charge on any atom is -0.484 e. The minimum absolute atomic E-state index is 0.108. The fourth-order valence-electron chi connectivity index (χ4n) is 2.22. The molecule has 1 heterocycles. The normalized spacial score (nSPS) is 17.8. The van der Waals surface area contributed by atoms with Crippen molar-refractivity contribution in [1.29, 1.82) is 0 Å². The molecule has 11 heteroatoms. The number of fused-ring (bicyclic) bond motifs is 1. The molecular formula is C16H19F3N2O6. The number of hydrogen-bond acceptors (Lipinski definition) is 6. The van der Waals surface area contributed by atoms with Crippen LogP contribution in [-0.2, 0) is 9.53 Å². The second kappa shape index (κ2) is 7.51. The first-order valence-electron chi connectivity index (χ1n) is 7.90. The Balaban J connectivity index is 2.01. The summed E-state index contributed by atoms with van der Waals surface area (Å²) in [6, 6.07) is 4.21. The van der Waals surface area contributed by atoms with E-state index in [0.29, 0.717) is 11.4 Å². The number of carbonyl (C=O) groups excluding carboxylic acids is 1. The molecule has 0 aliphatic carbocycles. The van der Waals surface area contributed by atoms with Crippen LogP contribution in [0.4, 0.5) is 29.3 Å².